The van der Waals surface area contributed by atoms with Crippen LogP contribution in [0.15, 0.2) is 12.4 Å². The summed E-state index contributed by atoms with van der Waals surface area (Å²) in [7, 11) is 0. The topological polar surface area (TPSA) is 6.48 Å². The average Bonchev–Trinajstić information content (AvgIpc) is 3.03. The fourth-order valence-electron chi connectivity index (χ4n) is 4.12. The van der Waals surface area contributed by atoms with E-state index in [-0.39, 0.29) is 0 Å². The summed E-state index contributed by atoms with van der Waals surface area (Å²) in [5, 5.41) is 0. The van der Waals surface area contributed by atoms with E-state index in [0.717, 1.165) is 0 Å². The second-order valence-electron chi connectivity index (χ2n) is 8.59. The van der Waals surface area contributed by atoms with Crippen molar-refractivity contribution in [3.8, 4) is 0 Å². The van der Waals surface area contributed by atoms with Crippen LogP contribution in [0, 0.1) is 0 Å². The predicted molar refractivity (Wildman–Crippen MR) is 117 cm³/mol. The molecule has 154 valence electrons. The Labute approximate surface area is 165 Å². The van der Waals surface area contributed by atoms with Gasteiger partial charge in [-0.25, -0.2) is 0 Å². The summed E-state index contributed by atoms with van der Waals surface area (Å²) in [5.41, 5.74) is 0. The van der Waals surface area contributed by atoms with E-state index in [1.165, 1.54) is 103 Å². The molecule has 26 heavy (non-hydrogen) atoms. The van der Waals surface area contributed by atoms with E-state index in [4.69, 9.17) is 0 Å². The molecule has 0 spiro atoms. The molecule has 0 amide bonds. The van der Waals surface area contributed by atoms with Gasteiger partial charge in [-0.3, -0.25) is 0 Å². The zero-order chi connectivity index (χ0) is 19.0. The molecular formula is C24H48N2. The van der Waals surface area contributed by atoms with Crippen molar-refractivity contribution in [3.63, 3.8) is 0 Å². The van der Waals surface area contributed by atoms with Gasteiger partial charge < -0.3 is 9.80 Å². The number of unbranched alkanes of at least 4 members (excludes halogenated alkanes) is 12. The highest BCUT2D eigenvalue weighted by atomic mass is 15.4. The third kappa shape index (κ3) is 9.88. The highest BCUT2D eigenvalue weighted by molar-refractivity contribution is 4.98. The Hall–Kier alpha value is -0.660. The molecule has 1 heterocycles. The molecule has 0 fully saturated rings. The Morgan fingerprint density at radius 1 is 0.654 bits per heavy atom. The lowest BCUT2D eigenvalue weighted by molar-refractivity contribution is 0.114. The summed E-state index contributed by atoms with van der Waals surface area (Å²) in [5.74, 6) is 0. The Bertz CT molecular complexity index is 337. The van der Waals surface area contributed by atoms with E-state index in [0.29, 0.717) is 12.2 Å². The number of rotatable bonds is 17. The molecule has 0 bridgehead atoms. The lowest BCUT2D eigenvalue weighted by atomic mass is 10.1. The fourth-order valence-corrected chi connectivity index (χ4v) is 4.12. The second kappa shape index (κ2) is 15.4. The molecule has 0 aromatic heterocycles. The molecule has 0 radical (unpaired) electrons. The SMILES string of the molecule is CCCCCCCCCC1N(CCCCCCCCC)C=CN1C(C)C. The van der Waals surface area contributed by atoms with Gasteiger partial charge in [0.15, 0.2) is 0 Å². The molecular weight excluding hydrogens is 316 g/mol. The maximum absolute atomic E-state index is 2.63. The van der Waals surface area contributed by atoms with E-state index < -0.39 is 0 Å². The molecule has 2 heteroatoms. The highest BCUT2D eigenvalue weighted by Crippen LogP contribution is 2.24. The molecule has 2 nitrogen and oxygen atoms in total. The van der Waals surface area contributed by atoms with Gasteiger partial charge in [0.1, 0.15) is 6.17 Å². The van der Waals surface area contributed by atoms with Crippen LogP contribution in [0.4, 0.5) is 0 Å². The monoisotopic (exact) mass is 364 g/mol. The van der Waals surface area contributed by atoms with Gasteiger partial charge in [-0.1, -0.05) is 90.9 Å². The van der Waals surface area contributed by atoms with Crippen LogP contribution in [0.5, 0.6) is 0 Å². The summed E-state index contributed by atoms with van der Waals surface area (Å²) in [6.07, 6.45) is 26.3. The Balaban J connectivity index is 2.22. The van der Waals surface area contributed by atoms with Gasteiger partial charge >= 0.3 is 0 Å². The molecule has 1 unspecified atom stereocenters. The smallest absolute Gasteiger partial charge is 0.101 e. The molecule has 1 rings (SSSR count). The van der Waals surface area contributed by atoms with Crippen LogP contribution >= 0.6 is 0 Å². The van der Waals surface area contributed by atoms with Crippen molar-refractivity contribution >= 4 is 0 Å². The predicted octanol–water partition coefficient (Wildman–Crippen LogP) is 7.70. The van der Waals surface area contributed by atoms with Gasteiger partial charge in [0, 0.05) is 25.0 Å². The van der Waals surface area contributed by atoms with Gasteiger partial charge in [-0.2, -0.15) is 0 Å². The van der Waals surface area contributed by atoms with E-state index in [1.54, 1.807) is 0 Å². The molecule has 0 N–H and O–H groups in total. The quantitative estimate of drug-likeness (QED) is 0.244. The minimum atomic E-state index is 0.611. The second-order valence-corrected chi connectivity index (χ2v) is 8.59. The third-order valence-electron chi connectivity index (χ3n) is 5.84. The van der Waals surface area contributed by atoms with Gasteiger partial charge in [0.05, 0.1) is 0 Å². The lowest BCUT2D eigenvalue weighted by Crippen LogP contribution is -2.42. The van der Waals surface area contributed by atoms with Gasteiger partial charge in [0.2, 0.25) is 0 Å². The molecule has 0 aromatic rings. The van der Waals surface area contributed by atoms with Crippen LogP contribution < -0.4 is 0 Å². The van der Waals surface area contributed by atoms with Gasteiger partial charge in [-0.15, -0.1) is 0 Å². The van der Waals surface area contributed by atoms with Crippen LogP contribution in [0.3, 0.4) is 0 Å². The van der Waals surface area contributed by atoms with Crippen molar-refractivity contribution in [1.82, 2.24) is 9.80 Å². The normalized spacial score (nSPS) is 17.0. The van der Waals surface area contributed by atoms with Crippen LogP contribution in [0.25, 0.3) is 0 Å². The first-order valence-electron chi connectivity index (χ1n) is 11.9. The van der Waals surface area contributed by atoms with E-state index in [9.17, 15) is 0 Å². The van der Waals surface area contributed by atoms with Crippen molar-refractivity contribution in [2.45, 2.75) is 136 Å². The maximum Gasteiger partial charge on any atom is 0.101 e. The Kier molecular flexibility index (Phi) is 13.9. The summed E-state index contributed by atoms with van der Waals surface area (Å²) >= 11 is 0. The van der Waals surface area contributed by atoms with E-state index in [2.05, 4.69) is 49.9 Å². The Morgan fingerprint density at radius 2 is 1.15 bits per heavy atom. The first-order chi connectivity index (χ1) is 12.7. The van der Waals surface area contributed by atoms with E-state index in [1.807, 2.05) is 0 Å². The highest BCUT2D eigenvalue weighted by Gasteiger charge is 2.26. The van der Waals surface area contributed by atoms with Crippen molar-refractivity contribution in [1.29, 1.82) is 0 Å². The van der Waals surface area contributed by atoms with Gasteiger partial charge in [-0.05, 0) is 33.1 Å². The molecule has 0 aromatic carbocycles. The lowest BCUT2D eigenvalue weighted by Gasteiger charge is -2.35. The van der Waals surface area contributed by atoms with Crippen LogP contribution in [0.2, 0.25) is 0 Å². The minimum absolute atomic E-state index is 0.611. The van der Waals surface area contributed by atoms with Crippen LogP contribution in [-0.2, 0) is 0 Å². The number of nitrogens with zero attached hydrogens (tertiary/aromatic N) is 2. The van der Waals surface area contributed by atoms with Crippen molar-refractivity contribution in [3.05, 3.63) is 12.4 Å². The zero-order valence-electron chi connectivity index (χ0n) is 18.5. The zero-order valence-corrected chi connectivity index (χ0v) is 18.5. The summed E-state index contributed by atoms with van der Waals surface area (Å²) in [4.78, 5) is 5.21. The molecule has 1 aliphatic rings. The van der Waals surface area contributed by atoms with Crippen molar-refractivity contribution in [2.24, 2.45) is 0 Å². The van der Waals surface area contributed by atoms with Crippen LogP contribution in [-0.4, -0.2) is 28.6 Å². The summed E-state index contributed by atoms with van der Waals surface area (Å²) < 4.78 is 0. The number of hydrogen-bond donors (Lipinski definition) is 0. The minimum Gasteiger partial charge on any atom is -0.356 e. The molecule has 1 aliphatic heterocycles. The largest absolute Gasteiger partial charge is 0.356 e. The van der Waals surface area contributed by atoms with Crippen molar-refractivity contribution in [2.75, 3.05) is 6.54 Å². The third-order valence-corrected chi connectivity index (χ3v) is 5.84. The van der Waals surface area contributed by atoms with Crippen molar-refractivity contribution < 1.29 is 0 Å². The van der Waals surface area contributed by atoms with E-state index >= 15 is 0 Å². The summed E-state index contributed by atoms with van der Waals surface area (Å²) in [6.45, 7) is 10.5. The molecule has 0 aliphatic carbocycles. The fraction of sp³-hybridized carbons (Fsp3) is 0.917. The molecule has 0 saturated carbocycles. The standard InChI is InChI=1S/C24H48N2/c1-5-7-9-11-13-15-17-19-24-25(21-22-26(24)23(3)4)20-18-16-14-12-10-8-6-2/h21-24H,5-20H2,1-4H3. The summed E-state index contributed by atoms with van der Waals surface area (Å²) in [6, 6.07) is 0.611. The maximum atomic E-state index is 2.63. The first-order valence-corrected chi connectivity index (χ1v) is 11.9. The van der Waals surface area contributed by atoms with Gasteiger partial charge in [0.25, 0.3) is 0 Å². The Morgan fingerprint density at radius 3 is 1.69 bits per heavy atom. The van der Waals surface area contributed by atoms with Crippen LogP contribution in [0.1, 0.15) is 124 Å². The molecule has 1 atom stereocenters. The average molecular weight is 365 g/mol. The molecule has 0 saturated heterocycles. The number of hydrogen-bond acceptors (Lipinski definition) is 2. The first kappa shape index (κ1) is 23.4.